The third kappa shape index (κ3) is 4.78. The minimum absolute atomic E-state index is 0.0391. The highest BCUT2D eigenvalue weighted by molar-refractivity contribution is 5.76. The molecule has 2 unspecified atom stereocenters. The molecule has 5 nitrogen and oxygen atoms in total. The van der Waals surface area contributed by atoms with E-state index >= 15 is 0 Å². The van der Waals surface area contributed by atoms with Crippen molar-refractivity contribution in [2.75, 3.05) is 6.61 Å². The number of alkyl halides is 6. The molecule has 3 fully saturated rings. The van der Waals surface area contributed by atoms with Gasteiger partial charge in [0.25, 0.3) is 0 Å². The van der Waals surface area contributed by atoms with Gasteiger partial charge in [0.2, 0.25) is 0 Å². The summed E-state index contributed by atoms with van der Waals surface area (Å²) in [5, 5.41) is 9.79. The van der Waals surface area contributed by atoms with E-state index < -0.39 is 48.3 Å². The van der Waals surface area contributed by atoms with Crippen LogP contribution in [-0.4, -0.2) is 48.2 Å². The number of halogens is 6. The molecule has 9 atom stereocenters. The molecule has 0 aromatic heterocycles. The molecule has 0 radical (unpaired) electrons. The number of esters is 2. The van der Waals surface area contributed by atoms with Crippen LogP contribution in [0.15, 0.2) is 11.6 Å². The highest BCUT2D eigenvalue weighted by Gasteiger charge is 2.63. The minimum Gasteiger partial charge on any atom is -0.455 e. The molecule has 37 heavy (non-hydrogen) atoms. The lowest BCUT2D eigenvalue weighted by atomic mass is 9.46. The fourth-order valence-corrected chi connectivity index (χ4v) is 8.44. The first-order valence-corrected chi connectivity index (χ1v) is 12.9. The van der Waals surface area contributed by atoms with Crippen molar-refractivity contribution in [3.63, 3.8) is 0 Å². The van der Waals surface area contributed by atoms with Gasteiger partial charge in [-0.15, -0.1) is 0 Å². The SMILES string of the molecule is C[C@H](CO)[C@H]1CC[C@H]2[C@@H]3CC=C4CC(OC(=O)C(F)(F)F)CC(OC(=O)C(F)(F)F)[C@]4(C)[C@H]3CC[C@]12C. The smallest absolute Gasteiger partial charge is 0.455 e. The maximum atomic E-state index is 13.2. The van der Waals surface area contributed by atoms with Crippen molar-refractivity contribution < 1.29 is 50.5 Å². The molecule has 210 valence electrons. The molecule has 1 N–H and O–H groups in total. The number of rotatable bonds is 4. The Morgan fingerprint density at radius 2 is 1.65 bits per heavy atom. The number of hydrogen-bond donors (Lipinski definition) is 1. The van der Waals surface area contributed by atoms with Crippen molar-refractivity contribution in [2.24, 2.45) is 40.4 Å². The van der Waals surface area contributed by atoms with E-state index in [9.17, 15) is 41.0 Å². The van der Waals surface area contributed by atoms with Crippen molar-refractivity contribution in [1.29, 1.82) is 0 Å². The van der Waals surface area contributed by atoms with Crippen LogP contribution in [0.4, 0.5) is 26.3 Å². The zero-order valence-electron chi connectivity index (χ0n) is 21.1. The Kier molecular flexibility index (Phi) is 7.21. The van der Waals surface area contributed by atoms with Gasteiger partial charge in [0.1, 0.15) is 12.2 Å². The van der Waals surface area contributed by atoms with E-state index in [1.165, 1.54) is 0 Å². The van der Waals surface area contributed by atoms with Gasteiger partial charge in [-0.25, -0.2) is 9.59 Å². The maximum absolute atomic E-state index is 13.2. The summed E-state index contributed by atoms with van der Waals surface area (Å²) in [6.45, 7) is 6.09. The summed E-state index contributed by atoms with van der Waals surface area (Å²) in [5.74, 6) is -4.15. The lowest BCUT2D eigenvalue weighted by Gasteiger charge is -2.60. The van der Waals surface area contributed by atoms with Crippen LogP contribution in [0.2, 0.25) is 0 Å². The molecule has 0 saturated heterocycles. The summed E-state index contributed by atoms with van der Waals surface area (Å²) in [7, 11) is 0. The van der Waals surface area contributed by atoms with E-state index in [4.69, 9.17) is 4.74 Å². The first-order chi connectivity index (χ1) is 17.0. The quantitative estimate of drug-likeness (QED) is 0.279. The van der Waals surface area contributed by atoms with Crippen LogP contribution < -0.4 is 0 Å². The molecule has 3 saturated carbocycles. The number of carbonyl (C=O) groups is 2. The third-order valence-electron chi connectivity index (χ3n) is 10.2. The number of carbonyl (C=O) groups excluding carboxylic acids is 2. The Balaban J connectivity index is 1.67. The minimum atomic E-state index is -5.27. The first-order valence-electron chi connectivity index (χ1n) is 12.9. The lowest BCUT2D eigenvalue weighted by Crippen LogP contribution is -2.57. The number of aliphatic hydroxyl groups is 1. The largest absolute Gasteiger partial charge is 0.490 e. The van der Waals surface area contributed by atoms with Crippen molar-refractivity contribution in [3.8, 4) is 0 Å². The van der Waals surface area contributed by atoms with Crippen LogP contribution in [0.1, 0.15) is 65.7 Å². The molecule has 0 spiro atoms. The normalized spacial score (nSPS) is 40.5. The second-order valence-corrected chi connectivity index (χ2v) is 11.9. The molecule has 0 aromatic carbocycles. The van der Waals surface area contributed by atoms with Gasteiger partial charge in [-0.3, -0.25) is 0 Å². The molecular formula is C26H34F6O5. The van der Waals surface area contributed by atoms with Gasteiger partial charge in [0.15, 0.2) is 0 Å². The van der Waals surface area contributed by atoms with Crippen LogP contribution in [0.25, 0.3) is 0 Å². The van der Waals surface area contributed by atoms with Crippen LogP contribution in [-0.2, 0) is 19.1 Å². The predicted molar refractivity (Wildman–Crippen MR) is 119 cm³/mol. The average Bonchev–Trinajstić information content (AvgIpc) is 3.15. The van der Waals surface area contributed by atoms with E-state index in [1.807, 2.05) is 13.0 Å². The second kappa shape index (κ2) is 9.45. The fourth-order valence-electron chi connectivity index (χ4n) is 8.44. The molecule has 4 rings (SSSR count). The summed E-state index contributed by atoms with van der Waals surface area (Å²) in [6.07, 6.45) is -7.96. The molecule has 0 amide bonds. The summed E-state index contributed by atoms with van der Waals surface area (Å²) in [4.78, 5) is 23.4. The summed E-state index contributed by atoms with van der Waals surface area (Å²) < 4.78 is 87.7. The lowest BCUT2D eigenvalue weighted by molar-refractivity contribution is -0.223. The summed E-state index contributed by atoms with van der Waals surface area (Å²) >= 11 is 0. The number of hydrogen-bond acceptors (Lipinski definition) is 5. The van der Waals surface area contributed by atoms with Gasteiger partial charge in [-0.1, -0.05) is 32.4 Å². The Bertz CT molecular complexity index is 945. The number of ether oxygens (including phenoxy) is 2. The van der Waals surface area contributed by atoms with E-state index in [2.05, 4.69) is 11.7 Å². The average molecular weight is 541 g/mol. The van der Waals surface area contributed by atoms with E-state index in [0.29, 0.717) is 24.3 Å². The molecule has 4 aliphatic carbocycles. The molecule has 4 aliphatic rings. The van der Waals surface area contributed by atoms with Gasteiger partial charge >= 0.3 is 24.3 Å². The summed E-state index contributed by atoms with van der Waals surface area (Å²) in [5.41, 5.74) is -0.475. The Morgan fingerprint density at radius 3 is 2.24 bits per heavy atom. The number of aliphatic hydroxyl groups excluding tert-OH is 1. The zero-order valence-corrected chi connectivity index (χ0v) is 21.1. The summed E-state index contributed by atoms with van der Waals surface area (Å²) in [6, 6.07) is 0. The van der Waals surface area contributed by atoms with Crippen molar-refractivity contribution >= 4 is 11.9 Å². The predicted octanol–water partition coefficient (Wildman–Crippen LogP) is 5.75. The highest BCUT2D eigenvalue weighted by Crippen LogP contribution is 2.67. The topological polar surface area (TPSA) is 72.8 Å². The molecule has 0 aromatic rings. The van der Waals surface area contributed by atoms with Gasteiger partial charge in [0, 0.05) is 24.9 Å². The van der Waals surface area contributed by atoms with E-state index in [-0.39, 0.29) is 42.1 Å². The maximum Gasteiger partial charge on any atom is 0.490 e. The van der Waals surface area contributed by atoms with Crippen LogP contribution in [0, 0.1) is 40.4 Å². The van der Waals surface area contributed by atoms with Gasteiger partial charge in [-0.05, 0) is 67.1 Å². The van der Waals surface area contributed by atoms with Gasteiger partial charge in [-0.2, -0.15) is 26.3 Å². The standard InChI is InChI=1S/C26H34F6O5/c1-13(12-33)17-6-7-18-16-5-4-14-10-15(36-21(34)25(27,28)29)11-20(37-22(35)26(30,31)32)24(14,3)19(16)8-9-23(17,18)2/h4,13,15-20,33H,5-12H2,1-3H3/t13-,15?,16+,17-,18+,19+,20?,23-,24+/m1/s1. The van der Waals surface area contributed by atoms with E-state index in [1.54, 1.807) is 6.92 Å². The molecule has 11 heteroatoms. The number of allylic oxidation sites excluding steroid dienone is 1. The first kappa shape index (κ1) is 28.2. The number of fused-ring (bicyclic) bond motifs is 5. The van der Waals surface area contributed by atoms with Crippen molar-refractivity contribution in [3.05, 3.63) is 11.6 Å². The Morgan fingerprint density at radius 1 is 1.03 bits per heavy atom. The van der Waals surface area contributed by atoms with Gasteiger partial charge in [0.05, 0.1) is 0 Å². The Hall–Kier alpha value is -1.78. The molecule has 0 heterocycles. The zero-order chi connectivity index (χ0) is 27.6. The molecule has 0 bridgehead atoms. The highest BCUT2D eigenvalue weighted by atomic mass is 19.4. The Labute approximate surface area is 211 Å². The van der Waals surface area contributed by atoms with Crippen molar-refractivity contribution in [1.82, 2.24) is 0 Å². The monoisotopic (exact) mass is 540 g/mol. The van der Waals surface area contributed by atoms with Crippen molar-refractivity contribution in [2.45, 2.75) is 90.3 Å². The third-order valence-corrected chi connectivity index (χ3v) is 10.2. The fraction of sp³-hybridized carbons (Fsp3) is 0.846. The van der Waals surface area contributed by atoms with E-state index in [0.717, 1.165) is 19.3 Å². The van der Waals surface area contributed by atoms with Crippen LogP contribution in [0.3, 0.4) is 0 Å². The molecule has 0 aliphatic heterocycles. The van der Waals surface area contributed by atoms with Crippen LogP contribution >= 0.6 is 0 Å². The van der Waals surface area contributed by atoms with Crippen LogP contribution in [0.5, 0.6) is 0 Å². The van der Waals surface area contributed by atoms with Gasteiger partial charge < -0.3 is 14.6 Å². The molecular weight excluding hydrogens is 506 g/mol. The second-order valence-electron chi connectivity index (χ2n) is 11.9.